The van der Waals surface area contributed by atoms with Crippen LogP contribution in [0, 0.1) is 0 Å². The highest BCUT2D eigenvalue weighted by molar-refractivity contribution is 5.89. The monoisotopic (exact) mass is 284 g/mol. The smallest absolute Gasteiger partial charge is 0.338 e. The molecule has 110 valence electrons. The Balaban J connectivity index is 1.51. The highest BCUT2D eigenvalue weighted by Crippen LogP contribution is 2.22. The number of rotatable bonds is 5. The largest absolute Gasteiger partial charge is 0.462 e. The van der Waals surface area contributed by atoms with Crippen LogP contribution in [0.1, 0.15) is 40.7 Å². The summed E-state index contributed by atoms with van der Waals surface area (Å²) in [5.74, 6) is -0.219. The van der Waals surface area contributed by atoms with E-state index >= 15 is 0 Å². The highest BCUT2D eigenvalue weighted by Gasteiger charge is 2.13. The van der Waals surface area contributed by atoms with Crippen molar-refractivity contribution in [1.29, 1.82) is 0 Å². The zero-order valence-corrected chi connectivity index (χ0v) is 12.1. The van der Waals surface area contributed by atoms with Gasteiger partial charge in [-0.25, -0.2) is 4.79 Å². The van der Waals surface area contributed by atoms with E-state index in [1.807, 2.05) is 29.1 Å². The summed E-state index contributed by atoms with van der Waals surface area (Å²) >= 11 is 0. The van der Waals surface area contributed by atoms with Crippen LogP contribution in [-0.4, -0.2) is 22.4 Å². The van der Waals surface area contributed by atoms with Gasteiger partial charge in [0.2, 0.25) is 0 Å². The molecule has 0 saturated heterocycles. The molecule has 0 spiro atoms. The van der Waals surface area contributed by atoms with E-state index < -0.39 is 0 Å². The number of aryl methyl sites for hydroxylation is 3. The van der Waals surface area contributed by atoms with Gasteiger partial charge in [-0.05, 0) is 55.0 Å². The summed E-state index contributed by atoms with van der Waals surface area (Å²) in [4.78, 5) is 12.0. The van der Waals surface area contributed by atoms with Gasteiger partial charge in [-0.15, -0.1) is 0 Å². The van der Waals surface area contributed by atoms with Crippen molar-refractivity contribution < 1.29 is 9.53 Å². The SMILES string of the molecule is O=C(OCCCn1cccn1)c1ccc2c(c1)CCCC2. The van der Waals surface area contributed by atoms with E-state index in [1.165, 1.54) is 24.0 Å². The minimum atomic E-state index is -0.219. The van der Waals surface area contributed by atoms with Crippen LogP contribution in [-0.2, 0) is 24.1 Å². The van der Waals surface area contributed by atoms with Crippen LogP contribution in [0.4, 0.5) is 0 Å². The lowest BCUT2D eigenvalue weighted by atomic mass is 9.90. The summed E-state index contributed by atoms with van der Waals surface area (Å²) in [6.45, 7) is 1.19. The Morgan fingerprint density at radius 3 is 2.90 bits per heavy atom. The maximum absolute atomic E-state index is 12.0. The second-order valence-electron chi connectivity index (χ2n) is 5.45. The lowest BCUT2D eigenvalue weighted by Crippen LogP contribution is -2.11. The standard InChI is InChI=1S/C17H20N2O2/c20-17(21-12-4-11-19-10-3-9-18-19)16-8-7-14-5-1-2-6-15(14)13-16/h3,7-10,13H,1-2,4-6,11-12H2. The Hall–Kier alpha value is -2.10. The third-order valence-electron chi connectivity index (χ3n) is 3.91. The van der Waals surface area contributed by atoms with E-state index in [0.717, 1.165) is 25.8 Å². The van der Waals surface area contributed by atoms with E-state index in [-0.39, 0.29) is 5.97 Å². The number of carbonyl (C=O) groups excluding carboxylic acids is 1. The van der Waals surface area contributed by atoms with Crippen molar-refractivity contribution in [3.8, 4) is 0 Å². The molecule has 1 aliphatic carbocycles. The normalized spacial score (nSPS) is 13.7. The third-order valence-corrected chi connectivity index (χ3v) is 3.91. The van der Waals surface area contributed by atoms with Crippen LogP contribution in [0.3, 0.4) is 0 Å². The predicted octanol–water partition coefficient (Wildman–Crippen LogP) is 3.01. The van der Waals surface area contributed by atoms with Crippen LogP contribution >= 0.6 is 0 Å². The minimum absolute atomic E-state index is 0.219. The summed E-state index contributed by atoms with van der Waals surface area (Å²) in [6.07, 6.45) is 9.12. The van der Waals surface area contributed by atoms with Crippen molar-refractivity contribution in [1.82, 2.24) is 9.78 Å². The average molecular weight is 284 g/mol. The van der Waals surface area contributed by atoms with Crippen molar-refractivity contribution in [3.05, 3.63) is 53.3 Å². The van der Waals surface area contributed by atoms with Crippen LogP contribution in [0.2, 0.25) is 0 Å². The fourth-order valence-electron chi connectivity index (χ4n) is 2.77. The zero-order valence-electron chi connectivity index (χ0n) is 12.1. The molecule has 3 rings (SSSR count). The highest BCUT2D eigenvalue weighted by atomic mass is 16.5. The maximum Gasteiger partial charge on any atom is 0.338 e. The number of ether oxygens (including phenoxy) is 1. The van der Waals surface area contributed by atoms with Crippen LogP contribution in [0.25, 0.3) is 0 Å². The fraction of sp³-hybridized carbons (Fsp3) is 0.412. The summed E-state index contributed by atoms with van der Waals surface area (Å²) in [5, 5.41) is 4.12. The van der Waals surface area contributed by atoms with E-state index in [1.54, 1.807) is 6.20 Å². The molecular weight excluding hydrogens is 264 g/mol. The maximum atomic E-state index is 12.0. The minimum Gasteiger partial charge on any atom is -0.462 e. The number of benzene rings is 1. The number of fused-ring (bicyclic) bond motifs is 1. The lowest BCUT2D eigenvalue weighted by molar-refractivity contribution is 0.0494. The summed E-state index contributed by atoms with van der Waals surface area (Å²) in [6, 6.07) is 7.86. The fourth-order valence-corrected chi connectivity index (χ4v) is 2.77. The molecule has 0 amide bonds. The molecule has 1 aromatic carbocycles. The summed E-state index contributed by atoms with van der Waals surface area (Å²) in [7, 11) is 0. The molecule has 0 radical (unpaired) electrons. The topological polar surface area (TPSA) is 44.1 Å². The first-order chi connectivity index (χ1) is 10.3. The molecule has 0 fully saturated rings. The van der Waals surface area contributed by atoms with Crippen LogP contribution in [0.15, 0.2) is 36.7 Å². The van der Waals surface area contributed by atoms with E-state index in [4.69, 9.17) is 4.74 Å². The summed E-state index contributed by atoms with van der Waals surface area (Å²) < 4.78 is 7.18. The molecule has 1 aliphatic rings. The third kappa shape index (κ3) is 3.51. The molecule has 4 heteroatoms. The number of esters is 1. The Bertz CT molecular complexity index is 605. The first-order valence-corrected chi connectivity index (χ1v) is 7.59. The van der Waals surface area contributed by atoms with E-state index in [0.29, 0.717) is 12.2 Å². The van der Waals surface area contributed by atoms with Crippen molar-refractivity contribution in [2.75, 3.05) is 6.61 Å². The molecule has 1 heterocycles. The molecule has 0 unspecified atom stereocenters. The predicted molar refractivity (Wildman–Crippen MR) is 80.2 cm³/mol. The number of hydrogen-bond donors (Lipinski definition) is 0. The van der Waals surface area contributed by atoms with Gasteiger partial charge in [-0.1, -0.05) is 6.07 Å². The van der Waals surface area contributed by atoms with Crippen LogP contribution in [0.5, 0.6) is 0 Å². The first kappa shape index (κ1) is 13.9. The zero-order chi connectivity index (χ0) is 14.5. The number of nitrogens with zero attached hydrogens (tertiary/aromatic N) is 2. The van der Waals surface area contributed by atoms with Crippen molar-refractivity contribution in [2.45, 2.75) is 38.6 Å². The van der Waals surface area contributed by atoms with Gasteiger partial charge in [-0.3, -0.25) is 4.68 Å². The Morgan fingerprint density at radius 2 is 2.10 bits per heavy atom. The van der Waals surface area contributed by atoms with E-state index in [2.05, 4.69) is 11.2 Å². The molecule has 0 N–H and O–H groups in total. The van der Waals surface area contributed by atoms with Gasteiger partial charge in [0.25, 0.3) is 0 Å². The van der Waals surface area contributed by atoms with Gasteiger partial charge in [0.15, 0.2) is 0 Å². The van der Waals surface area contributed by atoms with Crippen molar-refractivity contribution in [2.24, 2.45) is 0 Å². The second-order valence-corrected chi connectivity index (χ2v) is 5.45. The molecule has 0 aliphatic heterocycles. The first-order valence-electron chi connectivity index (χ1n) is 7.59. The molecular formula is C17H20N2O2. The van der Waals surface area contributed by atoms with Gasteiger partial charge < -0.3 is 4.74 Å². The molecule has 1 aromatic heterocycles. The van der Waals surface area contributed by atoms with Gasteiger partial charge >= 0.3 is 5.97 Å². The van der Waals surface area contributed by atoms with Gasteiger partial charge in [0.05, 0.1) is 12.2 Å². The van der Waals surface area contributed by atoms with Crippen molar-refractivity contribution in [3.63, 3.8) is 0 Å². The number of carbonyl (C=O) groups is 1. The van der Waals surface area contributed by atoms with Crippen LogP contribution < -0.4 is 0 Å². The van der Waals surface area contributed by atoms with E-state index in [9.17, 15) is 4.79 Å². The molecule has 4 nitrogen and oxygen atoms in total. The van der Waals surface area contributed by atoms with Gasteiger partial charge in [-0.2, -0.15) is 5.10 Å². The number of hydrogen-bond acceptors (Lipinski definition) is 3. The summed E-state index contributed by atoms with van der Waals surface area (Å²) in [5.41, 5.74) is 3.37. The van der Waals surface area contributed by atoms with Gasteiger partial charge in [0, 0.05) is 25.4 Å². The molecule has 0 bridgehead atoms. The molecule has 2 aromatic rings. The average Bonchev–Trinajstić information content (AvgIpc) is 3.04. The Labute approximate surface area is 124 Å². The molecule has 0 saturated carbocycles. The Kier molecular flexibility index (Phi) is 4.34. The van der Waals surface area contributed by atoms with Gasteiger partial charge in [0.1, 0.15) is 0 Å². The number of aromatic nitrogens is 2. The van der Waals surface area contributed by atoms with Crippen molar-refractivity contribution >= 4 is 5.97 Å². The molecule has 21 heavy (non-hydrogen) atoms. The quantitative estimate of drug-likeness (QED) is 0.626. The second kappa shape index (κ2) is 6.57. The molecule has 0 atom stereocenters. The Morgan fingerprint density at radius 1 is 1.24 bits per heavy atom. The lowest BCUT2D eigenvalue weighted by Gasteiger charge is -2.16.